The molecule has 136 valence electrons. The van der Waals surface area contributed by atoms with E-state index in [1.54, 1.807) is 6.07 Å². The Balaban J connectivity index is 1.55. The molecule has 0 aromatic carbocycles. The molecule has 0 saturated carbocycles. The van der Waals surface area contributed by atoms with Crippen LogP contribution in [0.25, 0.3) is 0 Å². The van der Waals surface area contributed by atoms with Crippen molar-refractivity contribution in [1.29, 1.82) is 0 Å². The van der Waals surface area contributed by atoms with Gasteiger partial charge in [-0.25, -0.2) is 4.98 Å². The van der Waals surface area contributed by atoms with Crippen LogP contribution in [0.4, 0.5) is 0 Å². The fourth-order valence-corrected chi connectivity index (χ4v) is 3.82. The topological polar surface area (TPSA) is 86.4 Å². The van der Waals surface area contributed by atoms with Gasteiger partial charge in [0.1, 0.15) is 0 Å². The summed E-state index contributed by atoms with van der Waals surface area (Å²) in [6.07, 6.45) is 3.38. The lowest BCUT2D eigenvalue weighted by Gasteiger charge is -2.33. The number of hydrogen-bond donors (Lipinski definition) is 1. The third-order valence-electron chi connectivity index (χ3n) is 5.07. The zero-order chi connectivity index (χ0) is 18.0. The van der Waals surface area contributed by atoms with E-state index < -0.39 is 0 Å². The van der Waals surface area contributed by atoms with Crippen molar-refractivity contribution in [2.75, 3.05) is 26.2 Å². The largest absolute Gasteiger partial charge is 0.342 e. The summed E-state index contributed by atoms with van der Waals surface area (Å²) in [4.78, 5) is 46.7. The standard InChI is InChI=1S/C18H26N4O3/c1-12(2)9-22-10-14(7-17(22)24)18(25)21-5-3-13(4-6-21)15-8-16(23)20-11-19-15/h8,11-14H,3-7,9-10H2,1-2H3,(H,19,20,23)/t14-/m0/s1. The molecule has 0 aliphatic carbocycles. The minimum Gasteiger partial charge on any atom is -0.342 e. The molecule has 0 radical (unpaired) electrons. The maximum atomic E-state index is 12.8. The Bertz CT molecular complexity index is 692. The number of piperidine rings is 1. The van der Waals surface area contributed by atoms with Gasteiger partial charge in [-0.05, 0) is 18.8 Å². The van der Waals surface area contributed by atoms with Crippen LogP contribution < -0.4 is 5.56 Å². The first-order chi connectivity index (χ1) is 11.9. The van der Waals surface area contributed by atoms with Crippen molar-refractivity contribution in [3.8, 4) is 0 Å². The summed E-state index contributed by atoms with van der Waals surface area (Å²) in [6, 6.07) is 1.54. The highest BCUT2D eigenvalue weighted by Crippen LogP contribution is 2.28. The van der Waals surface area contributed by atoms with Crippen molar-refractivity contribution in [3.63, 3.8) is 0 Å². The summed E-state index contributed by atoms with van der Waals surface area (Å²) in [5, 5.41) is 0. The molecule has 1 aromatic rings. The minimum atomic E-state index is -0.208. The van der Waals surface area contributed by atoms with Crippen LogP contribution in [-0.2, 0) is 9.59 Å². The van der Waals surface area contributed by atoms with Crippen LogP contribution in [0.2, 0.25) is 0 Å². The quantitative estimate of drug-likeness (QED) is 0.880. The van der Waals surface area contributed by atoms with Crippen molar-refractivity contribution in [2.45, 2.75) is 39.0 Å². The first-order valence-corrected chi connectivity index (χ1v) is 9.05. The molecule has 0 spiro atoms. The number of H-pyrrole nitrogens is 1. The summed E-state index contributed by atoms with van der Waals surface area (Å²) >= 11 is 0. The second-order valence-electron chi connectivity index (χ2n) is 7.53. The van der Waals surface area contributed by atoms with Crippen molar-refractivity contribution < 1.29 is 9.59 Å². The zero-order valence-corrected chi connectivity index (χ0v) is 14.9. The molecule has 25 heavy (non-hydrogen) atoms. The molecule has 1 atom stereocenters. The van der Waals surface area contributed by atoms with Crippen LogP contribution in [-0.4, -0.2) is 57.8 Å². The first-order valence-electron chi connectivity index (χ1n) is 9.05. The van der Waals surface area contributed by atoms with E-state index in [9.17, 15) is 14.4 Å². The van der Waals surface area contributed by atoms with E-state index in [0.717, 1.165) is 25.1 Å². The summed E-state index contributed by atoms with van der Waals surface area (Å²) in [7, 11) is 0. The van der Waals surface area contributed by atoms with Crippen LogP contribution >= 0.6 is 0 Å². The van der Waals surface area contributed by atoms with Gasteiger partial charge >= 0.3 is 0 Å². The van der Waals surface area contributed by atoms with Crippen LogP contribution in [0, 0.1) is 11.8 Å². The number of nitrogens with one attached hydrogen (secondary N) is 1. The molecule has 3 rings (SSSR count). The van der Waals surface area contributed by atoms with Gasteiger partial charge in [0, 0.05) is 44.6 Å². The highest BCUT2D eigenvalue weighted by molar-refractivity contribution is 5.89. The summed E-state index contributed by atoms with van der Waals surface area (Å²) in [5.74, 6) is 0.608. The number of carbonyl (C=O) groups excluding carboxylic acids is 2. The van der Waals surface area contributed by atoms with E-state index in [4.69, 9.17) is 0 Å². The number of rotatable bonds is 4. The third kappa shape index (κ3) is 4.08. The lowest BCUT2D eigenvalue weighted by molar-refractivity contribution is -0.136. The van der Waals surface area contributed by atoms with E-state index in [1.165, 1.54) is 6.33 Å². The number of hydrogen-bond acceptors (Lipinski definition) is 4. The van der Waals surface area contributed by atoms with Crippen molar-refractivity contribution in [1.82, 2.24) is 19.8 Å². The van der Waals surface area contributed by atoms with Crippen LogP contribution in [0.3, 0.4) is 0 Å². The monoisotopic (exact) mass is 346 g/mol. The average molecular weight is 346 g/mol. The number of nitrogens with zero attached hydrogens (tertiary/aromatic N) is 3. The summed E-state index contributed by atoms with van der Waals surface area (Å²) in [5.41, 5.74) is 0.660. The molecule has 2 aliphatic heterocycles. The van der Waals surface area contributed by atoms with E-state index in [1.807, 2.05) is 9.80 Å². The zero-order valence-electron chi connectivity index (χ0n) is 14.9. The van der Waals surface area contributed by atoms with Gasteiger partial charge in [-0.15, -0.1) is 0 Å². The predicted octanol–water partition coefficient (Wildman–Crippen LogP) is 0.980. The normalized spacial score (nSPS) is 22.0. The Kier molecular flexibility index (Phi) is 5.20. The number of aromatic nitrogens is 2. The van der Waals surface area contributed by atoms with Gasteiger partial charge in [-0.1, -0.05) is 13.8 Å². The second kappa shape index (κ2) is 7.37. The van der Waals surface area contributed by atoms with E-state index in [-0.39, 0.29) is 29.2 Å². The molecule has 1 aromatic heterocycles. The molecule has 2 amide bonds. The van der Waals surface area contributed by atoms with Gasteiger partial charge in [0.25, 0.3) is 5.56 Å². The predicted molar refractivity (Wildman–Crippen MR) is 92.9 cm³/mol. The van der Waals surface area contributed by atoms with Gasteiger partial charge in [-0.3, -0.25) is 14.4 Å². The van der Waals surface area contributed by atoms with Gasteiger partial charge in [-0.2, -0.15) is 0 Å². The van der Waals surface area contributed by atoms with Crippen LogP contribution in [0.1, 0.15) is 44.7 Å². The van der Waals surface area contributed by atoms with Crippen molar-refractivity contribution in [2.24, 2.45) is 11.8 Å². The molecule has 3 heterocycles. The Labute approximate surface area is 147 Å². The lowest BCUT2D eigenvalue weighted by Crippen LogP contribution is -2.42. The second-order valence-corrected chi connectivity index (χ2v) is 7.53. The molecular weight excluding hydrogens is 320 g/mol. The number of likely N-dealkylation sites (tertiary alicyclic amines) is 2. The van der Waals surface area contributed by atoms with Crippen LogP contribution in [0.5, 0.6) is 0 Å². The van der Waals surface area contributed by atoms with E-state index >= 15 is 0 Å². The van der Waals surface area contributed by atoms with Crippen molar-refractivity contribution in [3.05, 3.63) is 28.4 Å². The smallest absolute Gasteiger partial charge is 0.250 e. The minimum absolute atomic E-state index is 0.0923. The molecule has 7 heteroatoms. The van der Waals surface area contributed by atoms with Gasteiger partial charge in [0.2, 0.25) is 11.8 Å². The Morgan fingerprint density at radius 3 is 2.68 bits per heavy atom. The Morgan fingerprint density at radius 2 is 2.04 bits per heavy atom. The molecule has 7 nitrogen and oxygen atoms in total. The Hall–Kier alpha value is -2.18. The summed E-state index contributed by atoms with van der Waals surface area (Å²) in [6.45, 7) is 6.75. The molecule has 0 bridgehead atoms. The lowest BCUT2D eigenvalue weighted by atomic mass is 9.92. The molecule has 2 aliphatic rings. The molecule has 1 N–H and O–H groups in total. The average Bonchev–Trinajstić information content (AvgIpc) is 2.94. The first kappa shape index (κ1) is 17.6. The van der Waals surface area contributed by atoms with E-state index in [2.05, 4.69) is 23.8 Å². The Morgan fingerprint density at radius 1 is 1.32 bits per heavy atom. The molecular formula is C18H26N4O3. The summed E-state index contributed by atoms with van der Waals surface area (Å²) < 4.78 is 0. The fraction of sp³-hybridized carbons (Fsp3) is 0.667. The third-order valence-corrected chi connectivity index (χ3v) is 5.07. The fourth-order valence-electron chi connectivity index (χ4n) is 3.82. The maximum absolute atomic E-state index is 12.8. The maximum Gasteiger partial charge on any atom is 0.250 e. The van der Waals surface area contributed by atoms with Gasteiger partial charge in [0.05, 0.1) is 17.9 Å². The van der Waals surface area contributed by atoms with Gasteiger partial charge in [0.15, 0.2) is 0 Å². The molecule has 2 saturated heterocycles. The molecule has 0 unspecified atom stereocenters. The highest BCUT2D eigenvalue weighted by Gasteiger charge is 2.37. The SMILES string of the molecule is CC(C)CN1C[C@@H](C(=O)N2CCC(c3cc(=O)[nH]cn3)CC2)CC1=O. The molecule has 2 fully saturated rings. The highest BCUT2D eigenvalue weighted by atomic mass is 16.2. The van der Waals surface area contributed by atoms with E-state index in [0.29, 0.717) is 32.0 Å². The van der Waals surface area contributed by atoms with Crippen LogP contribution in [0.15, 0.2) is 17.2 Å². The number of amides is 2. The number of carbonyl (C=O) groups is 2. The van der Waals surface area contributed by atoms with Crippen molar-refractivity contribution >= 4 is 11.8 Å². The number of aromatic amines is 1. The van der Waals surface area contributed by atoms with Gasteiger partial charge < -0.3 is 14.8 Å².